The quantitative estimate of drug-likeness (QED) is 0.606. The number of rotatable bonds is 2. The number of nitro groups is 1. The van der Waals surface area contributed by atoms with Crippen molar-refractivity contribution in [3.8, 4) is 0 Å². The van der Waals surface area contributed by atoms with Crippen LogP contribution in [0.1, 0.15) is 0 Å². The molecule has 0 bridgehead atoms. The minimum Gasteiger partial charge on any atom is -0.294 e. The number of fused-ring (bicyclic) bond motifs is 1. The molecule has 0 aromatic heterocycles. The highest BCUT2D eigenvalue weighted by Gasteiger charge is 2.35. The first kappa shape index (κ1) is 15.8. The van der Waals surface area contributed by atoms with Crippen molar-refractivity contribution >= 4 is 40.1 Å². The fraction of sp³-hybridized carbons (Fsp3) is 0.200. The van der Waals surface area contributed by atoms with E-state index in [2.05, 4.69) is 4.99 Å². The molecule has 0 fully saturated rings. The number of nitro benzene ring substituents is 1. The summed E-state index contributed by atoms with van der Waals surface area (Å²) in [5.41, 5.74) is -0.0743. The predicted octanol–water partition coefficient (Wildman–Crippen LogP) is 3.28. The molecule has 0 spiro atoms. The highest BCUT2D eigenvalue weighted by atomic mass is 35.5. The number of amides is 1. The Kier molecular flexibility index (Phi) is 4.23. The van der Waals surface area contributed by atoms with Gasteiger partial charge in [0.1, 0.15) is 0 Å². The number of nitrogens with zero attached hydrogens (tertiary/aromatic N) is 3. The summed E-state index contributed by atoms with van der Waals surface area (Å²) in [6, 6.07) is 4.02. The molecule has 1 aliphatic heterocycles. The summed E-state index contributed by atoms with van der Waals surface area (Å²) < 4.78 is 0. The maximum absolute atomic E-state index is 12.4. The molecule has 0 radical (unpaired) electrons. The number of hydrogen-bond acceptors (Lipinski definition) is 5. The molecule has 1 heterocycles. The molecule has 0 saturated carbocycles. The Morgan fingerprint density at radius 3 is 2.78 bits per heavy atom. The number of hydrogen-bond donors (Lipinski definition) is 0. The summed E-state index contributed by atoms with van der Waals surface area (Å²) in [6.07, 6.45) is 7.43. The number of allylic oxidation sites excluding steroid dienone is 2. The lowest BCUT2D eigenvalue weighted by Crippen LogP contribution is -2.45. The maximum atomic E-state index is 12.4. The van der Waals surface area contributed by atoms with E-state index < -0.39 is 4.92 Å². The minimum absolute atomic E-state index is 0.0360. The second kappa shape index (κ2) is 6.17. The van der Waals surface area contributed by atoms with Crippen LogP contribution in [0.2, 0.25) is 5.02 Å². The van der Waals surface area contributed by atoms with Gasteiger partial charge in [0, 0.05) is 24.1 Å². The zero-order chi connectivity index (χ0) is 16.6. The van der Waals surface area contributed by atoms with E-state index in [1.165, 1.54) is 28.8 Å². The molecule has 23 heavy (non-hydrogen) atoms. The molecule has 8 heteroatoms. The highest BCUT2D eigenvalue weighted by Crippen LogP contribution is 2.35. The molecule has 0 saturated heterocycles. The van der Waals surface area contributed by atoms with Gasteiger partial charge in [-0.1, -0.05) is 47.7 Å². The van der Waals surface area contributed by atoms with E-state index in [1.807, 2.05) is 24.3 Å². The number of halogens is 1. The minimum atomic E-state index is -0.502. The first-order valence-corrected chi connectivity index (χ1v) is 7.99. The van der Waals surface area contributed by atoms with Crippen molar-refractivity contribution in [2.45, 2.75) is 10.9 Å². The van der Waals surface area contributed by atoms with Gasteiger partial charge in [0.25, 0.3) is 5.69 Å². The largest absolute Gasteiger partial charge is 0.294 e. The van der Waals surface area contributed by atoms with Gasteiger partial charge < -0.3 is 0 Å². The standard InChI is InChI=1S/C15H12ClN3O3S/c1-18-14(20)10-4-2-3-5-12(10)17-15(18)23-13-7-6-9(19(21)22)8-11(13)16/h2-8,10,12H,1H3/t10-,12-/m1/s1. The molecule has 118 valence electrons. The zero-order valence-electron chi connectivity index (χ0n) is 12.0. The van der Waals surface area contributed by atoms with E-state index in [9.17, 15) is 14.9 Å². The Hall–Kier alpha value is -2.12. The number of carbonyl (C=O) groups excluding carboxylic acids is 1. The van der Waals surface area contributed by atoms with Crippen molar-refractivity contribution in [2.24, 2.45) is 10.9 Å². The molecule has 1 aromatic rings. The monoisotopic (exact) mass is 349 g/mol. The number of amidine groups is 1. The van der Waals surface area contributed by atoms with Gasteiger partial charge in [-0.05, 0) is 6.07 Å². The number of carbonyl (C=O) groups is 1. The molecule has 0 N–H and O–H groups in total. The molecular weight excluding hydrogens is 338 g/mol. The van der Waals surface area contributed by atoms with Crippen LogP contribution in [0.3, 0.4) is 0 Å². The van der Waals surface area contributed by atoms with Crippen molar-refractivity contribution in [3.63, 3.8) is 0 Å². The molecule has 1 aromatic carbocycles. The topological polar surface area (TPSA) is 75.8 Å². The van der Waals surface area contributed by atoms with Crippen molar-refractivity contribution < 1.29 is 9.72 Å². The highest BCUT2D eigenvalue weighted by molar-refractivity contribution is 8.14. The lowest BCUT2D eigenvalue weighted by atomic mass is 9.93. The van der Waals surface area contributed by atoms with E-state index >= 15 is 0 Å². The van der Waals surface area contributed by atoms with Crippen LogP contribution in [0.15, 0.2) is 52.4 Å². The van der Waals surface area contributed by atoms with Gasteiger partial charge in [0.15, 0.2) is 5.17 Å². The summed E-state index contributed by atoms with van der Waals surface area (Å²) in [7, 11) is 1.66. The van der Waals surface area contributed by atoms with E-state index in [-0.39, 0.29) is 28.6 Å². The lowest BCUT2D eigenvalue weighted by molar-refractivity contribution is -0.384. The van der Waals surface area contributed by atoms with Crippen molar-refractivity contribution in [1.82, 2.24) is 4.90 Å². The number of thioether (sulfide) groups is 1. The van der Waals surface area contributed by atoms with Gasteiger partial charge in [0.2, 0.25) is 5.91 Å². The molecule has 0 unspecified atom stereocenters. The van der Waals surface area contributed by atoms with Gasteiger partial charge >= 0.3 is 0 Å². The maximum Gasteiger partial charge on any atom is 0.270 e. The predicted molar refractivity (Wildman–Crippen MR) is 89.7 cm³/mol. The Balaban J connectivity index is 1.89. The second-order valence-electron chi connectivity index (χ2n) is 5.07. The summed E-state index contributed by atoms with van der Waals surface area (Å²) in [4.78, 5) is 29.4. The van der Waals surface area contributed by atoms with Gasteiger partial charge in [-0.25, -0.2) is 0 Å². The average Bonchev–Trinajstić information content (AvgIpc) is 2.54. The van der Waals surface area contributed by atoms with Gasteiger partial charge in [-0.15, -0.1) is 0 Å². The smallest absolute Gasteiger partial charge is 0.270 e. The van der Waals surface area contributed by atoms with Crippen LogP contribution in [0.5, 0.6) is 0 Å². The van der Waals surface area contributed by atoms with Crippen LogP contribution in [0.25, 0.3) is 0 Å². The molecular formula is C15H12ClN3O3S. The van der Waals surface area contributed by atoms with E-state index in [0.29, 0.717) is 10.1 Å². The molecule has 1 aliphatic carbocycles. The third kappa shape index (κ3) is 3.02. The summed E-state index contributed by atoms with van der Waals surface area (Å²) >= 11 is 7.33. The van der Waals surface area contributed by atoms with E-state index in [1.54, 1.807) is 13.1 Å². The number of non-ortho nitro benzene ring substituents is 1. The first-order chi connectivity index (χ1) is 11.0. The molecule has 6 nitrogen and oxygen atoms in total. The van der Waals surface area contributed by atoms with Gasteiger partial charge in [-0.2, -0.15) is 0 Å². The molecule has 2 atom stereocenters. The van der Waals surface area contributed by atoms with Crippen molar-refractivity contribution in [1.29, 1.82) is 0 Å². The van der Waals surface area contributed by atoms with Crippen LogP contribution in [-0.4, -0.2) is 34.0 Å². The Morgan fingerprint density at radius 2 is 2.09 bits per heavy atom. The Bertz CT molecular complexity index is 775. The third-order valence-corrected chi connectivity index (χ3v) is 5.16. The average molecular weight is 350 g/mol. The normalized spacial score (nSPS) is 22.8. The molecule has 3 rings (SSSR count). The van der Waals surface area contributed by atoms with Crippen LogP contribution in [0.4, 0.5) is 5.69 Å². The fourth-order valence-electron chi connectivity index (χ4n) is 2.36. The van der Waals surface area contributed by atoms with Crippen LogP contribution < -0.4 is 0 Å². The summed E-state index contributed by atoms with van der Waals surface area (Å²) in [5, 5.41) is 11.5. The van der Waals surface area contributed by atoms with Crippen LogP contribution >= 0.6 is 23.4 Å². The SMILES string of the molecule is CN1C(=O)[C@@H]2C=CC=C[C@H]2N=C1Sc1ccc([N+](=O)[O-])cc1Cl. The lowest BCUT2D eigenvalue weighted by Gasteiger charge is -2.32. The van der Waals surface area contributed by atoms with Crippen LogP contribution in [0, 0.1) is 16.0 Å². The second-order valence-corrected chi connectivity index (χ2v) is 6.49. The van der Waals surface area contributed by atoms with Gasteiger partial charge in [0.05, 0.1) is 21.9 Å². The van der Waals surface area contributed by atoms with E-state index in [0.717, 1.165) is 0 Å². The van der Waals surface area contributed by atoms with Crippen molar-refractivity contribution in [3.05, 3.63) is 57.6 Å². The van der Waals surface area contributed by atoms with Gasteiger partial charge in [-0.3, -0.25) is 24.8 Å². The van der Waals surface area contributed by atoms with Crippen LogP contribution in [-0.2, 0) is 4.79 Å². The Morgan fingerprint density at radius 1 is 1.35 bits per heavy atom. The zero-order valence-corrected chi connectivity index (χ0v) is 13.6. The van der Waals surface area contributed by atoms with Crippen molar-refractivity contribution in [2.75, 3.05) is 7.05 Å². The summed E-state index contributed by atoms with van der Waals surface area (Å²) in [6.45, 7) is 0. The first-order valence-electron chi connectivity index (χ1n) is 6.79. The molecule has 2 aliphatic rings. The third-order valence-electron chi connectivity index (χ3n) is 3.60. The number of benzene rings is 1. The fourth-order valence-corrected chi connectivity index (χ4v) is 3.54. The Labute approximate surface area is 141 Å². The number of aliphatic imine (C=N–C) groups is 1. The van der Waals surface area contributed by atoms with E-state index in [4.69, 9.17) is 11.6 Å². The summed E-state index contributed by atoms with van der Waals surface area (Å²) in [5.74, 6) is -0.312. The molecule has 1 amide bonds.